The molecule has 0 spiro atoms. The molecule has 1 aromatic rings. The van der Waals surface area contributed by atoms with Gasteiger partial charge in [0.1, 0.15) is 17.4 Å². The van der Waals surface area contributed by atoms with Crippen molar-refractivity contribution in [3.8, 4) is 5.75 Å². The minimum atomic E-state index is -4.78. The first-order valence-electron chi connectivity index (χ1n) is 3.62. The van der Waals surface area contributed by atoms with E-state index in [0.29, 0.717) is 18.2 Å². The summed E-state index contributed by atoms with van der Waals surface area (Å²) in [5.74, 6) is -3.40. The topological polar surface area (TPSA) is 9.23 Å². The van der Waals surface area contributed by atoms with Gasteiger partial charge in [-0.3, -0.25) is 0 Å². The molecule has 0 N–H and O–H groups in total. The van der Waals surface area contributed by atoms with E-state index in [2.05, 4.69) is 4.74 Å². The van der Waals surface area contributed by atoms with E-state index in [0.717, 1.165) is 0 Å². The molecular weight excluding hydrogens is 226 g/mol. The molecule has 1 nitrogen and oxygen atoms in total. The van der Waals surface area contributed by atoms with Gasteiger partial charge in [0.2, 0.25) is 0 Å². The molecule has 0 unspecified atom stereocenters. The quantitative estimate of drug-likeness (QED) is 0.724. The Kier molecular flexibility index (Phi) is 3.11. The highest BCUT2D eigenvalue weighted by molar-refractivity contribution is 5.24. The molecule has 0 amide bonds. The van der Waals surface area contributed by atoms with Crippen molar-refractivity contribution in [2.45, 2.75) is 12.5 Å². The lowest BCUT2D eigenvalue weighted by Gasteiger charge is -2.16. The molecule has 0 aromatic heterocycles. The summed E-state index contributed by atoms with van der Waals surface area (Å²) in [6, 6.07) is 1.14. The van der Waals surface area contributed by atoms with Gasteiger partial charge in [-0.1, -0.05) is 0 Å². The van der Waals surface area contributed by atoms with Crippen molar-refractivity contribution < 1.29 is 31.1 Å². The molecular formula is C8H4F6O. The van der Waals surface area contributed by atoms with Crippen LogP contribution < -0.4 is 4.74 Å². The van der Waals surface area contributed by atoms with E-state index in [1.165, 1.54) is 0 Å². The van der Waals surface area contributed by atoms with Crippen LogP contribution in [-0.2, 0) is 0 Å². The maximum atomic E-state index is 12.5. The first-order valence-corrected chi connectivity index (χ1v) is 3.62. The number of hydrogen-bond acceptors (Lipinski definition) is 1. The summed E-state index contributed by atoms with van der Waals surface area (Å²) in [6.07, 6.45) is -8.86. The van der Waals surface area contributed by atoms with Crippen molar-refractivity contribution in [3.63, 3.8) is 0 Å². The van der Waals surface area contributed by atoms with Crippen LogP contribution in [0.25, 0.3) is 0 Å². The summed E-state index contributed by atoms with van der Waals surface area (Å²) in [7, 11) is 0. The van der Waals surface area contributed by atoms with E-state index >= 15 is 0 Å². The summed E-state index contributed by atoms with van der Waals surface area (Å²) in [6.45, 7) is 0. The molecule has 0 aliphatic carbocycles. The highest BCUT2D eigenvalue weighted by atomic mass is 19.3. The minimum absolute atomic E-state index is 0.374. The van der Waals surface area contributed by atoms with Crippen LogP contribution in [0.4, 0.5) is 26.3 Å². The van der Waals surface area contributed by atoms with Gasteiger partial charge in [0.25, 0.3) is 0 Å². The van der Waals surface area contributed by atoms with Gasteiger partial charge in [0.15, 0.2) is 0 Å². The largest absolute Gasteiger partial charge is 0.461 e. The zero-order chi connectivity index (χ0) is 11.6. The van der Waals surface area contributed by atoms with Crippen LogP contribution in [0.2, 0.25) is 0 Å². The van der Waals surface area contributed by atoms with Crippen molar-refractivity contribution in [2.75, 3.05) is 0 Å². The molecule has 0 aliphatic heterocycles. The van der Waals surface area contributed by atoms with Crippen LogP contribution in [0.5, 0.6) is 5.75 Å². The first-order chi connectivity index (χ1) is 6.81. The highest BCUT2D eigenvalue weighted by Gasteiger charge is 2.44. The van der Waals surface area contributed by atoms with Crippen molar-refractivity contribution in [2.24, 2.45) is 0 Å². The third-order valence-corrected chi connectivity index (χ3v) is 1.34. The number of benzene rings is 1. The lowest BCUT2D eigenvalue weighted by Crippen LogP contribution is -2.33. The third-order valence-electron chi connectivity index (χ3n) is 1.34. The Labute approximate surface area is 80.3 Å². The minimum Gasteiger partial charge on any atom is -0.428 e. The second kappa shape index (κ2) is 4.00. The van der Waals surface area contributed by atoms with E-state index in [4.69, 9.17) is 0 Å². The van der Waals surface area contributed by atoms with Crippen LogP contribution in [0, 0.1) is 11.6 Å². The van der Waals surface area contributed by atoms with Crippen LogP contribution in [-0.4, -0.2) is 12.5 Å². The van der Waals surface area contributed by atoms with Crippen molar-refractivity contribution in [1.82, 2.24) is 0 Å². The SMILES string of the molecule is Fc1cc(F)cc(OC(F)(F)C(F)F)c1. The molecule has 15 heavy (non-hydrogen) atoms. The number of rotatable bonds is 3. The molecule has 0 bridgehead atoms. The molecule has 0 aliphatic rings. The molecule has 0 radical (unpaired) electrons. The summed E-state index contributed by atoms with van der Waals surface area (Å²) in [5, 5.41) is 0. The zero-order valence-electron chi connectivity index (χ0n) is 6.99. The maximum Gasteiger partial charge on any atom is 0.461 e. The Morgan fingerprint density at radius 2 is 1.47 bits per heavy atom. The van der Waals surface area contributed by atoms with E-state index in [9.17, 15) is 26.3 Å². The number of halogens is 6. The predicted molar refractivity (Wildman–Crippen MR) is 37.9 cm³/mol. The molecule has 1 aromatic carbocycles. The zero-order valence-corrected chi connectivity index (χ0v) is 6.99. The molecule has 0 atom stereocenters. The monoisotopic (exact) mass is 230 g/mol. The summed E-state index contributed by atoms with van der Waals surface area (Å²) < 4.78 is 76.2. The van der Waals surface area contributed by atoms with Gasteiger partial charge in [0.05, 0.1) is 0 Å². The lowest BCUT2D eigenvalue weighted by molar-refractivity contribution is -0.253. The van der Waals surface area contributed by atoms with Crippen LogP contribution >= 0.6 is 0 Å². The standard InChI is InChI=1S/C8H4F6O/c9-4-1-5(10)3-6(2-4)15-8(13,14)7(11)12/h1-3,7H. The van der Waals surface area contributed by atoms with Gasteiger partial charge in [-0.25, -0.2) is 8.78 Å². The Hall–Kier alpha value is -1.40. The van der Waals surface area contributed by atoms with Crippen molar-refractivity contribution in [3.05, 3.63) is 29.8 Å². The second-order valence-corrected chi connectivity index (χ2v) is 2.57. The van der Waals surface area contributed by atoms with Crippen LogP contribution in [0.1, 0.15) is 0 Å². The average molecular weight is 230 g/mol. The Balaban J connectivity index is 2.89. The van der Waals surface area contributed by atoms with Crippen LogP contribution in [0.3, 0.4) is 0 Å². The highest BCUT2D eigenvalue weighted by Crippen LogP contribution is 2.28. The maximum absolute atomic E-state index is 12.5. The first kappa shape index (κ1) is 11.7. The van der Waals surface area contributed by atoms with Gasteiger partial charge in [-0.2, -0.15) is 17.6 Å². The molecule has 0 fully saturated rings. The molecule has 7 heteroatoms. The summed E-state index contributed by atoms with van der Waals surface area (Å²) in [4.78, 5) is 0. The second-order valence-electron chi connectivity index (χ2n) is 2.57. The van der Waals surface area contributed by atoms with E-state index in [-0.39, 0.29) is 0 Å². The Morgan fingerprint density at radius 1 is 1.00 bits per heavy atom. The molecule has 0 saturated heterocycles. The molecule has 0 heterocycles. The van der Waals surface area contributed by atoms with Gasteiger partial charge < -0.3 is 4.74 Å². The van der Waals surface area contributed by atoms with E-state index in [1.54, 1.807) is 0 Å². The van der Waals surface area contributed by atoms with Gasteiger partial charge in [-0.15, -0.1) is 0 Å². The van der Waals surface area contributed by atoms with E-state index < -0.39 is 29.9 Å². The van der Waals surface area contributed by atoms with Crippen molar-refractivity contribution in [1.29, 1.82) is 0 Å². The third kappa shape index (κ3) is 3.03. The normalized spacial score (nSPS) is 11.9. The lowest BCUT2D eigenvalue weighted by atomic mass is 10.3. The average Bonchev–Trinajstić information content (AvgIpc) is 1.99. The van der Waals surface area contributed by atoms with Gasteiger partial charge >= 0.3 is 12.5 Å². The summed E-state index contributed by atoms with van der Waals surface area (Å²) >= 11 is 0. The fraction of sp³-hybridized carbons (Fsp3) is 0.250. The smallest absolute Gasteiger partial charge is 0.428 e. The fourth-order valence-electron chi connectivity index (χ4n) is 0.789. The Morgan fingerprint density at radius 3 is 1.87 bits per heavy atom. The van der Waals surface area contributed by atoms with Gasteiger partial charge in [-0.05, 0) is 0 Å². The molecule has 84 valence electrons. The fourth-order valence-corrected chi connectivity index (χ4v) is 0.789. The summed E-state index contributed by atoms with van der Waals surface area (Å²) in [5.41, 5.74) is 0. The number of ether oxygens (including phenoxy) is 1. The predicted octanol–water partition coefficient (Wildman–Crippen LogP) is 3.20. The molecule has 1 rings (SSSR count). The number of alkyl halides is 4. The van der Waals surface area contributed by atoms with Crippen molar-refractivity contribution >= 4 is 0 Å². The Bertz CT molecular complexity index is 331. The number of hydrogen-bond donors (Lipinski definition) is 0. The molecule has 0 saturated carbocycles. The van der Waals surface area contributed by atoms with E-state index in [1.807, 2.05) is 0 Å². The van der Waals surface area contributed by atoms with Crippen LogP contribution in [0.15, 0.2) is 18.2 Å². The van der Waals surface area contributed by atoms with Gasteiger partial charge in [0, 0.05) is 18.2 Å².